The molecule has 2 aromatic carbocycles. The first-order valence-corrected chi connectivity index (χ1v) is 10.0. The summed E-state index contributed by atoms with van der Waals surface area (Å²) in [7, 11) is 1.68. The summed E-state index contributed by atoms with van der Waals surface area (Å²) in [6.45, 7) is 1.34. The monoisotopic (exact) mass is 358 g/mol. The van der Waals surface area contributed by atoms with Gasteiger partial charge in [0, 0.05) is 27.7 Å². The van der Waals surface area contributed by atoms with E-state index in [-0.39, 0.29) is 0 Å². The van der Waals surface area contributed by atoms with Gasteiger partial charge in [-0.25, -0.2) is 0 Å². The third kappa shape index (κ3) is 5.07. The molecule has 1 aliphatic rings. The van der Waals surface area contributed by atoms with Crippen molar-refractivity contribution in [2.24, 2.45) is 0 Å². The molecule has 2 nitrogen and oxygen atoms in total. The van der Waals surface area contributed by atoms with Gasteiger partial charge in [-0.15, -0.1) is 23.5 Å². The van der Waals surface area contributed by atoms with Crippen LogP contribution >= 0.6 is 23.5 Å². The zero-order valence-corrected chi connectivity index (χ0v) is 15.5. The van der Waals surface area contributed by atoms with Gasteiger partial charge >= 0.3 is 0 Å². The predicted molar refractivity (Wildman–Crippen MR) is 105 cm³/mol. The normalized spacial score (nSPS) is 14.7. The molecule has 0 bridgehead atoms. The summed E-state index contributed by atoms with van der Waals surface area (Å²) in [6, 6.07) is 18.7. The van der Waals surface area contributed by atoms with Crippen LogP contribution in [-0.2, 0) is 17.8 Å². The van der Waals surface area contributed by atoms with E-state index in [9.17, 15) is 0 Å². The molecule has 2 aromatic rings. The molecular formula is C20H22O2S2. The van der Waals surface area contributed by atoms with Crippen LogP contribution in [0.15, 0.2) is 64.4 Å². The van der Waals surface area contributed by atoms with Crippen molar-refractivity contribution in [1.29, 1.82) is 0 Å². The molecule has 0 amide bonds. The lowest BCUT2D eigenvalue weighted by molar-refractivity contribution is 0.146. The Kier molecular flexibility index (Phi) is 6.70. The summed E-state index contributed by atoms with van der Waals surface area (Å²) >= 11 is 3.93. The third-order valence-corrected chi connectivity index (χ3v) is 6.47. The van der Waals surface area contributed by atoms with Crippen LogP contribution in [0.3, 0.4) is 0 Å². The lowest BCUT2D eigenvalue weighted by Gasteiger charge is -2.20. The van der Waals surface area contributed by atoms with Gasteiger partial charge in [0.15, 0.2) is 0 Å². The van der Waals surface area contributed by atoms with E-state index in [1.807, 2.05) is 35.7 Å². The van der Waals surface area contributed by atoms with Crippen molar-refractivity contribution in [3.05, 3.63) is 75.5 Å². The highest BCUT2D eigenvalue weighted by molar-refractivity contribution is 8.10. The minimum Gasteiger partial charge on any atom is -0.497 e. The second-order valence-corrected chi connectivity index (χ2v) is 7.93. The molecule has 0 saturated heterocycles. The number of benzene rings is 2. The topological polar surface area (TPSA) is 18.5 Å². The van der Waals surface area contributed by atoms with Crippen LogP contribution in [0.25, 0.3) is 0 Å². The number of allylic oxidation sites excluding steroid dienone is 1. The van der Waals surface area contributed by atoms with Gasteiger partial charge in [-0.1, -0.05) is 42.5 Å². The SMILES string of the molecule is COc1ccc(COCC2=C(Cc3ccccc3)SCCS2)cc1. The fourth-order valence-corrected chi connectivity index (χ4v) is 4.93. The molecule has 126 valence electrons. The maximum absolute atomic E-state index is 5.97. The fraction of sp³-hybridized carbons (Fsp3) is 0.300. The smallest absolute Gasteiger partial charge is 0.118 e. The molecule has 1 aliphatic heterocycles. The molecule has 24 heavy (non-hydrogen) atoms. The first-order chi connectivity index (χ1) is 11.8. The Labute approximate surface area is 152 Å². The van der Waals surface area contributed by atoms with Crippen LogP contribution in [0.2, 0.25) is 0 Å². The van der Waals surface area contributed by atoms with Crippen molar-refractivity contribution < 1.29 is 9.47 Å². The van der Waals surface area contributed by atoms with Gasteiger partial charge in [-0.2, -0.15) is 0 Å². The van der Waals surface area contributed by atoms with Crippen LogP contribution < -0.4 is 4.74 Å². The predicted octanol–water partition coefficient (Wildman–Crippen LogP) is 5.15. The number of hydrogen-bond donors (Lipinski definition) is 0. The number of ether oxygens (including phenoxy) is 2. The van der Waals surface area contributed by atoms with Crippen molar-refractivity contribution >= 4 is 23.5 Å². The van der Waals surface area contributed by atoms with Gasteiger partial charge in [0.25, 0.3) is 0 Å². The molecule has 0 radical (unpaired) electrons. The summed E-state index contributed by atoms with van der Waals surface area (Å²) in [5, 5.41) is 0. The van der Waals surface area contributed by atoms with Crippen LogP contribution in [0, 0.1) is 0 Å². The number of thioether (sulfide) groups is 2. The van der Waals surface area contributed by atoms with Gasteiger partial charge in [0.1, 0.15) is 5.75 Å². The maximum atomic E-state index is 5.97. The molecule has 0 saturated carbocycles. The van der Waals surface area contributed by atoms with Gasteiger partial charge in [0.2, 0.25) is 0 Å². The number of rotatable bonds is 7. The van der Waals surface area contributed by atoms with E-state index in [2.05, 4.69) is 42.5 Å². The second kappa shape index (κ2) is 9.21. The van der Waals surface area contributed by atoms with E-state index in [1.165, 1.54) is 32.4 Å². The zero-order chi connectivity index (χ0) is 16.6. The molecule has 0 fully saturated rings. The van der Waals surface area contributed by atoms with E-state index in [0.29, 0.717) is 13.2 Å². The van der Waals surface area contributed by atoms with Crippen molar-refractivity contribution in [3.8, 4) is 5.75 Å². The van der Waals surface area contributed by atoms with Gasteiger partial charge in [-0.05, 0) is 23.3 Å². The Morgan fingerprint density at radius 2 is 1.50 bits per heavy atom. The molecule has 4 heteroatoms. The average molecular weight is 359 g/mol. The molecular weight excluding hydrogens is 336 g/mol. The summed E-state index contributed by atoms with van der Waals surface area (Å²) in [5.41, 5.74) is 2.55. The average Bonchev–Trinajstić information content (AvgIpc) is 2.64. The van der Waals surface area contributed by atoms with Crippen molar-refractivity contribution in [3.63, 3.8) is 0 Å². The lowest BCUT2D eigenvalue weighted by Crippen LogP contribution is -2.06. The lowest BCUT2D eigenvalue weighted by atomic mass is 10.1. The van der Waals surface area contributed by atoms with Gasteiger partial charge < -0.3 is 9.47 Å². The van der Waals surface area contributed by atoms with Crippen LogP contribution in [0.4, 0.5) is 0 Å². The number of methoxy groups -OCH3 is 1. The third-order valence-electron chi connectivity index (χ3n) is 3.82. The van der Waals surface area contributed by atoms with E-state index >= 15 is 0 Å². The summed E-state index contributed by atoms with van der Waals surface area (Å²) in [6.07, 6.45) is 1.01. The molecule has 0 aromatic heterocycles. The van der Waals surface area contributed by atoms with E-state index < -0.39 is 0 Å². The Balaban J connectivity index is 1.58. The Morgan fingerprint density at radius 3 is 2.21 bits per heavy atom. The van der Waals surface area contributed by atoms with Gasteiger partial charge in [0.05, 0.1) is 20.3 Å². The van der Waals surface area contributed by atoms with Crippen molar-refractivity contribution in [2.75, 3.05) is 25.2 Å². The zero-order valence-electron chi connectivity index (χ0n) is 13.9. The van der Waals surface area contributed by atoms with E-state index in [1.54, 1.807) is 7.11 Å². The summed E-state index contributed by atoms with van der Waals surface area (Å²) in [5.74, 6) is 3.24. The van der Waals surface area contributed by atoms with E-state index in [4.69, 9.17) is 9.47 Å². The fourth-order valence-electron chi connectivity index (χ4n) is 2.53. The molecule has 3 rings (SSSR count). The number of hydrogen-bond acceptors (Lipinski definition) is 4. The second-order valence-electron chi connectivity index (χ2n) is 5.55. The molecule has 0 atom stereocenters. The van der Waals surface area contributed by atoms with Crippen LogP contribution in [-0.4, -0.2) is 25.2 Å². The Bertz CT molecular complexity index is 666. The standard InChI is InChI=1S/C20H22O2S2/c1-21-18-9-7-17(8-10-18)14-22-15-20-19(23-11-12-24-20)13-16-5-3-2-4-6-16/h2-10H,11-15H2,1H3. The quantitative estimate of drug-likeness (QED) is 0.681. The van der Waals surface area contributed by atoms with E-state index in [0.717, 1.165) is 12.2 Å². The first-order valence-electron chi connectivity index (χ1n) is 8.07. The summed E-state index contributed by atoms with van der Waals surface area (Å²) in [4.78, 5) is 2.86. The minimum absolute atomic E-state index is 0.636. The first kappa shape index (κ1) is 17.5. The molecule has 0 spiro atoms. The highest BCUT2D eigenvalue weighted by atomic mass is 32.2. The molecule has 0 N–H and O–H groups in total. The highest BCUT2D eigenvalue weighted by Crippen LogP contribution is 2.36. The molecule has 0 aliphatic carbocycles. The Morgan fingerprint density at radius 1 is 0.792 bits per heavy atom. The van der Waals surface area contributed by atoms with Crippen LogP contribution in [0.5, 0.6) is 5.75 Å². The summed E-state index contributed by atoms with van der Waals surface area (Å²) < 4.78 is 11.2. The highest BCUT2D eigenvalue weighted by Gasteiger charge is 2.14. The largest absolute Gasteiger partial charge is 0.497 e. The Hall–Kier alpha value is -1.36. The molecule has 0 unspecified atom stereocenters. The molecule has 1 heterocycles. The van der Waals surface area contributed by atoms with Crippen LogP contribution in [0.1, 0.15) is 11.1 Å². The van der Waals surface area contributed by atoms with Gasteiger partial charge in [-0.3, -0.25) is 0 Å². The van der Waals surface area contributed by atoms with Crippen molar-refractivity contribution in [2.45, 2.75) is 13.0 Å². The van der Waals surface area contributed by atoms with Crippen molar-refractivity contribution in [1.82, 2.24) is 0 Å². The minimum atomic E-state index is 0.636. The maximum Gasteiger partial charge on any atom is 0.118 e.